The first-order valence-electron chi connectivity index (χ1n) is 8.44. The number of hydrogen-bond donors (Lipinski definition) is 1. The Hall–Kier alpha value is -1.20. The van der Waals surface area contributed by atoms with E-state index in [4.69, 9.17) is 5.11 Å². The zero-order valence-electron chi connectivity index (χ0n) is 15.0. The summed E-state index contributed by atoms with van der Waals surface area (Å²) >= 11 is 0.243. The SMILES string of the molecule is C[CH2][Hg][c]1ccccc1.O=C(O)c1ccccc1[O-].[Hg+][c]1ccccc1. The van der Waals surface area contributed by atoms with E-state index in [0.717, 1.165) is 26.1 Å². The first-order chi connectivity index (χ1) is 12.5. The Morgan fingerprint density at radius 2 is 1.42 bits per heavy atom. The fourth-order valence-electron chi connectivity index (χ4n) is 2.05. The van der Waals surface area contributed by atoms with Gasteiger partial charge >= 0.3 is 134 Å². The molecule has 0 aliphatic carbocycles. The molecule has 0 heterocycles. The topological polar surface area (TPSA) is 60.4 Å². The number of rotatable bonds is 3. The third-order valence-corrected chi connectivity index (χ3v) is 11.2. The normalized spacial score (nSPS) is 8.88. The predicted molar refractivity (Wildman–Crippen MR) is 95.5 cm³/mol. The zero-order valence-corrected chi connectivity index (χ0v) is 26.0. The second-order valence-corrected chi connectivity index (χ2v) is 17.7. The van der Waals surface area contributed by atoms with E-state index in [1.165, 1.54) is 31.3 Å². The standard InChI is InChI=1S/C7H6O3.2C6H5.C2H5.2Hg/c8-6-4-2-1-3-5(6)7(9)10;2*1-2-4-6-5-3-1;1-2;;/h1-4,8H,(H,9,10);2*1-5H;1H2,2H3;;/q;;;;;+1/p-1. The summed E-state index contributed by atoms with van der Waals surface area (Å²) in [5, 5.41) is 19.0. The molecule has 0 bridgehead atoms. The van der Waals surface area contributed by atoms with Crippen molar-refractivity contribution in [3.05, 3.63) is 90.5 Å². The van der Waals surface area contributed by atoms with Gasteiger partial charge in [0.1, 0.15) is 0 Å². The Balaban J connectivity index is 0.000000198. The molecule has 0 unspecified atom stereocenters. The van der Waals surface area contributed by atoms with Crippen molar-refractivity contribution >= 4 is 12.1 Å². The third kappa shape index (κ3) is 10.1. The van der Waals surface area contributed by atoms with Crippen molar-refractivity contribution in [1.82, 2.24) is 0 Å². The number of carboxylic acid groups (broad SMARTS) is 1. The molecule has 3 rings (SSSR count). The monoisotopic (exact) mass is 724 g/mol. The van der Waals surface area contributed by atoms with Crippen LogP contribution in [-0.2, 0) is 50.7 Å². The number of hydrogen-bond acceptors (Lipinski definition) is 2. The van der Waals surface area contributed by atoms with Crippen LogP contribution in [0.1, 0.15) is 17.3 Å². The molecule has 126 valence electrons. The van der Waals surface area contributed by atoms with E-state index in [-0.39, 0.29) is 5.56 Å². The van der Waals surface area contributed by atoms with Crippen LogP contribution in [-0.4, -0.2) is 11.1 Å². The Bertz CT molecular complexity index is 762. The molecule has 0 amide bonds. The number of aromatic carboxylic acids is 1. The summed E-state index contributed by atoms with van der Waals surface area (Å²) in [6.45, 7) is 2.30. The minimum atomic E-state index is -1.18. The Morgan fingerprint density at radius 1 is 0.923 bits per heavy atom. The molecule has 0 saturated heterocycles. The summed E-state index contributed by atoms with van der Waals surface area (Å²) < 4.78 is 4.65. The molecule has 3 aromatic rings. The average molecular weight is 722 g/mol. The van der Waals surface area contributed by atoms with Gasteiger partial charge in [-0.05, 0) is 6.07 Å². The molecule has 1 N–H and O–H groups in total. The van der Waals surface area contributed by atoms with E-state index >= 15 is 0 Å². The molecular formula is C21H20Hg2O3. The van der Waals surface area contributed by atoms with Gasteiger partial charge in [-0.25, -0.2) is 4.79 Å². The van der Waals surface area contributed by atoms with Crippen LogP contribution in [0.3, 0.4) is 0 Å². The van der Waals surface area contributed by atoms with Crippen LogP contribution in [0.25, 0.3) is 0 Å². The molecular weight excluding hydrogens is 701 g/mol. The summed E-state index contributed by atoms with van der Waals surface area (Å²) in [5.74, 6) is -1.62. The predicted octanol–water partition coefficient (Wildman–Crippen LogP) is 3.15. The molecule has 3 nitrogen and oxygen atoms in total. The molecule has 3 aromatic carbocycles. The summed E-state index contributed by atoms with van der Waals surface area (Å²) in [6, 6.07) is 27.0. The fourth-order valence-corrected chi connectivity index (χ4v) is 7.71. The molecule has 26 heavy (non-hydrogen) atoms. The van der Waals surface area contributed by atoms with Gasteiger partial charge in [0.25, 0.3) is 0 Å². The molecule has 0 saturated carbocycles. The summed E-state index contributed by atoms with van der Waals surface area (Å²) in [4.78, 5) is 10.2. The van der Waals surface area contributed by atoms with Gasteiger partial charge in [0.2, 0.25) is 0 Å². The van der Waals surface area contributed by atoms with Gasteiger partial charge in [-0.3, -0.25) is 0 Å². The van der Waals surface area contributed by atoms with Crippen LogP contribution in [0.2, 0.25) is 3.93 Å². The first-order valence-corrected chi connectivity index (χ1v) is 17.8. The molecule has 0 fully saturated rings. The van der Waals surface area contributed by atoms with Crippen molar-refractivity contribution in [2.45, 2.75) is 10.9 Å². The van der Waals surface area contributed by atoms with Gasteiger partial charge in [0, 0.05) is 0 Å². The van der Waals surface area contributed by atoms with Crippen molar-refractivity contribution in [2.75, 3.05) is 0 Å². The van der Waals surface area contributed by atoms with Crippen molar-refractivity contribution in [2.24, 2.45) is 0 Å². The minimum absolute atomic E-state index is 0.178. The molecule has 5 heteroatoms. The van der Waals surface area contributed by atoms with E-state index in [2.05, 4.69) is 67.6 Å². The summed E-state index contributed by atoms with van der Waals surface area (Å²) in [5.41, 5.74) is -0.178. The first kappa shape index (κ1) is 22.8. The van der Waals surface area contributed by atoms with E-state index in [1.807, 2.05) is 0 Å². The summed E-state index contributed by atoms with van der Waals surface area (Å²) in [6.07, 6.45) is 0. The molecule has 0 atom stereocenters. The van der Waals surface area contributed by atoms with Gasteiger partial charge in [-0.1, -0.05) is 23.9 Å². The molecule has 0 aliphatic heterocycles. The van der Waals surface area contributed by atoms with E-state index in [0.29, 0.717) is 0 Å². The summed E-state index contributed by atoms with van der Waals surface area (Å²) in [7, 11) is 0. The number of carboxylic acids is 1. The van der Waals surface area contributed by atoms with Crippen molar-refractivity contribution in [3.63, 3.8) is 0 Å². The van der Waals surface area contributed by atoms with Crippen LogP contribution >= 0.6 is 0 Å². The van der Waals surface area contributed by atoms with Crippen LogP contribution in [0.15, 0.2) is 84.9 Å². The number of carbonyl (C=O) groups is 1. The quantitative estimate of drug-likeness (QED) is 0.424. The zero-order chi connectivity index (χ0) is 19.2. The van der Waals surface area contributed by atoms with E-state index < -0.39 is 36.3 Å². The van der Waals surface area contributed by atoms with Gasteiger partial charge < -0.3 is 10.2 Å². The van der Waals surface area contributed by atoms with Gasteiger partial charge in [-0.2, -0.15) is 0 Å². The van der Waals surface area contributed by atoms with Crippen LogP contribution in [0, 0.1) is 0 Å². The van der Waals surface area contributed by atoms with Crippen molar-refractivity contribution in [1.29, 1.82) is 0 Å². The van der Waals surface area contributed by atoms with E-state index in [1.54, 1.807) is 3.07 Å². The maximum atomic E-state index is 10.7. The molecule has 0 aliphatic rings. The second kappa shape index (κ2) is 13.9. The molecule has 0 radical (unpaired) electrons. The second-order valence-electron chi connectivity index (χ2n) is 5.52. The Kier molecular flexibility index (Phi) is 12.2. The average Bonchev–Trinajstić information content (AvgIpc) is 2.65. The van der Waals surface area contributed by atoms with Crippen molar-refractivity contribution < 1.29 is 65.7 Å². The van der Waals surface area contributed by atoms with Crippen LogP contribution < -0.4 is 11.3 Å². The van der Waals surface area contributed by atoms with Crippen molar-refractivity contribution in [3.8, 4) is 5.75 Å². The third-order valence-electron chi connectivity index (χ3n) is 3.34. The van der Waals surface area contributed by atoms with Gasteiger partial charge in [-0.15, -0.1) is 0 Å². The Labute approximate surface area is 183 Å². The van der Waals surface area contributed by atoms with Crippen LogP contribution in [0.4, 0.5) is 0 Å². The van der Waals surface area contributed by atoms with Crippen LogP contribution in [0.5, 0.6) is 5.75 Å². The fraction of sp³-hybridized carbons (Fsp3) is 0.0952. The van der Waals surface area contributed by atoms with Gasteiger partial charge in [0.15, 0.2) is 0 Å². The maximum absolute atomic E-state index is 10.7. The van der Waals surface area contributed by atoms with E-state index in [9.17, 15) is 9.90 Å². The number of benzene rings is 3. The molecule has 0 spiro atoms. The Morgan fingerprint density at radius 3 is 1.81 bits per heavy atom. The van der Waals surface area contributed by atoms with Gasteiger partial charge in [0.05, 0.1) is 5.56 Å². The number of para-hydroxylation sites is 1. The molecule has 0 aromatic heterocycles.